The molecule has 1 fully saturated rings. The predicted octanol–water partition coefficient (Wildman–Crippen LogP) is 1.99. The second-order valence-corrected chi connectivity index (χ2v) is 4.39. The Bertz CT molecular complexity index is 247. The second-order valence-electron chi connectivity index (χ2n) is 3.55. The third kappa shape index (κ3) is 1.58. The van der Waals surface area contributed by atoms with E-state index in [4.69, 9.17) is 0 Å². The van der Waals surface area contributed by atoms with Crippen molar-refractivity contribution in [1.82, 2.24) is 10.2 Å². The molecule has 0 radical (unpaired) electrons. The first-order valence-electron chi connectivity index (χ1n) is 4.30. The van der Waals surface area contributed by atoms with E-state index in [0.717, 1.165) is 17.0 Å². The zero-order valence-electron chi connectivity index (χ0n) is 7.32. The van der Waals surface area contributed by atoms with Gasteiger partial charge in [0.2, 0.25) is 5.13 Å². The summed E-state index contributed by atoms with van der Waals surface area (Å²) in [7, 11) is 0. The van der Waals surface area contributed by atoms with Gasteiger partial charge in [0, 0.05) is 6.04 Å². The lowest BCUT2D eigenvalue weighted by Crippen LogP contribution is -2.18. The molecule has 1 aliphatic carbocycles. The van der Waals surface area contributed by atoms with Crippen molar-refractivity contribution in [2.24, 2.45) is 11.8 Å². The normalized spacial score (nSPS) is 29.8. The largest absolute Gasteiger partial charge is 0.357 e. The molecule has 3 nitrogen and oxygen atoms in total. The van der Waals surface area contributed by atoms with Gasteiger partial charge in [0.05, 0.1) is 0 Å². The molecule has 12 heavy (non-hydrogen) atoms. The van der Waals surface area contributed by atoms with Crippen LogP contribution in [0.15, 0.2) is 5.51 Å². The first kappa shape index (κ1) is 7.98. The van der Waals surface area contributed by atoms with Gasteiger partial charge in [0.15, 0.2) is 0 Å². The number of nitrogens with zero attached hydrogens (tertiary/aromatic N) is 2. The van der Waals surface area contributed by atoms with Gasteiger partial charge in [0.1, 0.15) is 5.51 Å². The maximum atomic E-state index is 3.95. The molecule has 1 aliphatic rings. The highest BCUT2D eigenvalue weighted by atomic mass is 32.1. The molecule has 1 aromatic rings. The van der Waals surface area contributed by atoms with E-state index in [-0.39, 0.29) is 0 Å². The van der Waals surface area contributed by atoms with Gasteiger partial charge in [0.25, 0.3) is 0 Å². The molecule has 1 saturated carbocycles. The molecule has 0 saturated heterocycles. The molecule has 0 aliphatic heterocycles. The predicted molar refractivity (Wildman–Crippen MR) is 50.3 cm³/mol. The van der Waals surface area contributed by atoms with Crippen molar-refractivity contribution in [3.05, 3.63) is 5.51 Å². The summed E-state index contributed by atoms with van der Waals surface area (Å²) in [6.45, 7) is 4.51. The fourth-order valence-corrected chi connectivity index (χ4v) is 2.13. The molecule has 2 rings (SSSR count). The van der Waals surface area contributed by atoms with Crippen molar-refractivity contribution in [2.75, 3.05) is 5.32 Å². The van der Waals surface area contributed by atoms with Crippen LogP contribution in [0, 0.1) is 11.8 Å². The minimum absolute atomic E-state index is 0.549. The van der Waals surface area contributed by atoms with Crippen LogP contribution in [0.2, 0.25) is 0 Å². The maximum Gasteiger partial charge on any atom is 0.205 e. The van der Waals surface area contributed by atoms with Crippen molar-refractivity contribution in [3.8, 4) is 0 Å². The lowest BCUT2D eigenvalue weighted by molar-refractivity contribution is 0.643. The minimum atomic E-state index is 0.549. The Morgan fingerprint density at radius 3 is 3.00 bits per heavy atom. The van der Waals surface area contributed by atoms with E-state index in [0.29, 0.717) is 6.04 Å². The van der Waals surface area contributed by atoms with Crippen LogP contribution in [0.4, 0.5) is 5.13 Å². The molecule has 66 valence electrons. The standard InChI is InChI=1S/C8H13N3S/c1-5-3-7(5)6(2)10-8-11-9-4-12-8/h4-7H,3H2,1-2H3,(H,10,11). The Labute approximate surface area is 76.2 Å². The van der Waals surface area contributed by atoms with E-state index in [9.17, 15) is 0 Å². The van der Waals surface area contributed by atoms with Crippen molar-refractivity contribution >= 4 is 16.5 Å². The second kappa shape index (κ2) is 3.01. The molecular weight excluding hydrogens is 170 g/mol. The lowest BCUT2D eigenvalue weighted by Gasteiger charge is -2.10. The average Bonchev–Trinajstić information content (AvgIpc) is 2.58. The van der Waals surface area contributed by atoms with Crippen molar-refractivity contribution in [2.45, 2.75) is 26.3 Å². The van der Waals surface area contributed by atoms with E-state index >= 15 is 0 Å². The molecule has 0 spiro atoms. The maximum absolute atomic E-state index is 3.95. The lowest BCUT2D eigenvalue weighted by atomic mass is 10.2. The van der Waals surface area contributed by atoms with Crippen molar-refractivity contribution < 1.29 is 0 Å². The SMILES string of the molecule is CC1CC1C(C)Nc1nncs1. The summed E-state index contributed by atoms with van der Waals surface area (Å²) in [6.07, 6.45) is 1.35. The van der Waals surface area contributed by atoms with Crippen LogP contribution in [0.25, 0.3) is 0 Å². The number of hydrogen-bond donors (Lipinski definition) is 1. The topological polar surface area (TPSA) is 37.8 Å². The molecular formula is C8H13N3S. The van der Waals surface area contributed by atoms with E-state index in [1.807, 2.05) is 0 Å². The molecule has 1 heterocycles. The molecule has 0 bridgehead atoms. The summed E-state index contributed by atoms with van der Waals surface area (Å²) < 4.78 is 0. The third-order valence-corrected chi connectivity index (χ3v) is 3.15. The Morgan fingerprint density at radius 1 is 1.75 bits per heavy atom. The Morgan fingerprint density at radius 2 is 2.50 bits per heavy atom. The monoisotopic (exact) mass is 183 g/mol. The summed E-state index contributed by atoms with van der Waals surface area (Å²) in [5.41, 5.74) is 1.76. The van der Waals surface area contributed by atoms with Crippen LogP contribution < -0.4 is 5.32 Å². The molecule has 3 atom stereocenters. The fraction of sp³-hybridized carbons (Fsp3) is 0.750. The van der Waals surface area contributed by atoms with Gasteiger partial charge in [-0.3, -0.25) is 0 Å². The summed E-state index contributed by atoms with van der Waals surface area (Å²) in [5.74, 6) is 1.73. The van der Waals surface area contributed by atoms with Gasteiger partial charge in [-0.15, -0.1) is 10.2 Å². The van der Waals surface area contributed by atoms with Crippen LogP contribution in [0.5, 0.6) is 0 Å². The summed E-state index contributed by atoms with van der Waals surface area (Å²) in [5, 5.41) is 12.0. The van der Waals surface area contributed by atoms with E-state index in [1.165, 1.54) is 6.42 Å². The highest BCUT2D eigenvalue weighted by Crippen LogP contribution is 2.41. The number of aromatic nitrogens is 2. The highest BCUT2D eigenvalue weighted by Gasteiger charge is 2.37. The Kier molecular flexibility index (Phi) is 2.00. The number of nitrogens with one attached hydrogen (secondary N) is 1. The summed E-state index contributed by atoms with van der Waals surface area (Å²) in [4.78, 5) is 0. The Hall–Kier alpha value is -0.640. The van der Waals surface area contributed by atoms with Crippen LogP contribution in [-0.2, 0) is 0 Å². The van der Waals surface area contributed by atoms with Gasteiger partial charge in [-0.25, -0.2) is 0 Å². The molecule has 4 heteroatoms. The summed E-state index contributed by atoms with van der Waals surface area (Å²) >= 11 is 1.56. The number of rotatable bonds is 3. The van der Waals surface area contributed by atoms with Gasteiger partial charge >= 0.3 is 0 Å². The third-order valence-electron chi connectivity index (χ3n) is 2.53. The highest BCUT2D eigenvalue weighted by molar-refractivity contribution is 7.13. The first-order valence-corrected chi connectivity index (χ1v) is 5.18. The van der Waals surface area contributed by atoms with Crippen molar-refractivity contribution in [3.63, 3.8) is 0 Å². The zero-order chi connectivity index (χ0) is 8.55. The van der Waals surface area contributed by atoms with Gasteiger partial charge in [-0.05, 0) is 25.2 Å². The first-order chi connectivity index (χ1) is 5.77. The molecule has 1 aromatic heterocycles. The smallest absolute Gasteiger partial charge is 0.205 e. The van der Waals surface area contributed by atoms with Crippen molar-refractivity contribution in [1.29, 1.82) is 0 Å². The van der Waals surface area contributed by atoms with E-state index in [1.54, 1.807) is 16.8 Å². The number of hydrogen-bond acceptors (Lipinski definition) is 4. The van der Waals surface area contributed by atoms with Crippen LogP contribution in [0.1, 0.15) is 20.3 Å². The van der Waals surface area contributed by atoms with Gasteiger partial charge in [-0.2, -0.15) is 0 Å². The molecule has 0 amide bonds. The molecule has 1 N–H and O–H groups in total. The average molecular weight is 183 g/mol. The van der Waals surface area contributed by atoms with Crippen LogP contribution in [0.3, 0.4) is 0 Å². The van der Waals surface area contributed by atoms with Crippen LogP contribution >= 0.6 is 11.3 Å². The summed E-state index contributed by atoms with van der Waals surface area (Å²) in [6, 6.07) is 0.549. The minimum Gasteiger partial charge on any atom is -0.357 e. The number of anilines is 1. The van der Waals surface area contributed by atoms with Crippen LogP contribution in [-0.4, -0.2) is 16.2 Å². The quantitative estimate of drug-likeness (QED) is 0.778. The molecule has 0 aromatic carbocycles. The van der Waals surface area contributed by atoms with Gasteiger partial charge < -0.3 is 5.32 Å². The molecule has 3 unspecified atom stereocenters. The van der Waals surface area contributed by atoms with Gasteiger partial charge in [-0.1, -0.05) is 18.3 Å². The fourth-order valence-electron chi connectivity index (χ4n) is 1.59. The van der Waals surface area contributed by atoms with E-state index in [2.05, 4.69) is 29.4 Å². The Balaban J connectivity index is 1.87. The zero-order valence-corrected chi connectivity index (χ0v) is 8.14. The van der Waals surface area contributed by atoms with E-state index < -0.39 is 0 Å².